The molecular formula is C16H14N2O5S2. The molecule has 0 spiro atoms. The second-order valence-corrected chi connectivity index (χ2v) is 8.06. The summed E-state index contributed by atoms with van der Waals surface area (Å²) in [4.78, 5) is 27.7. The van der Waals surface area contributed by atoms with Crippen molar-refractivity contribution in [2.24, 2.45) is 5.14 Å². The van der Waals surface area contributed by atoms with Crippen LogP contribution in [0, 0.1) is 0 Å². The predicted molar refractivity (Wildman–Crippen MR) is 93.2 cm³/mol. The Balaban J connectivity index is 1.77. The molecule has 3 aromatic rings. The average Bonchev–Trinajstić information content (AvgIpc) is 3.21. The summed E-state index contributed by atoms with van der Waals surface area (Å²) in [5, 5.41) is 7.07. The van der Waals surface area contributed by atoms with Crippen LogP contribution in [-0.2, 0) is 14.8 Å². The Labute approximate surface area is 147 Å². The number of hydrogen-bond donors (Lipinski definition) is 2. The number of benzene rings is 1. The summed E-state index contributed by atoms with van der Waals surface area (Å²) in [7, 11) is -3.88. The monoisotopic (exact) mass is 378 g/mol. The van der Waals surface area contributed by atoms with Crippen LogP contribution >= 0.6 is 11.3 Å². The summed E-state index contributed by atoms with van der Waals surface area (Å²) in [6, 6.07) is 8.42. The number of aromatic nitrogens is 1. The molecule has 9 heteroatoms. The van der Waals surface area contributed by atoms with Gasteiger partial charge in [-0.3, -0.25) is 4.79 Å². The first-order valence-electron chi connectivity index (χ1n) is 7.20. The number of Topliss-reactive ketones (excluding diaryl/α,β-unsaturated/α-hetero) is 1. The molecule has 1 atom stereocenters. The SMILES string of the molecule is C[C@H](OC(=O)c1csc(S(N)(=O)=O)c1)C(=O)c1c[nH]c2ccccc12. The first kappa shape index (κ1) is 17.3. The number of H-pyrrole nitrogens is 1. The van der Waals surface area contributed by atoms with Crippen molar-refractivity contribution < 1.29 is 22.7 Å². The zero-order chi connectivity index (χ0) is 18.2. The maximum atomic E-state index is 12.5. The average molecular weight is 378 g/mol. The van der Waals surface area contributed by atoms with Gasteiger partial charge < -0.3 is 9.72 Å². The molecule has 0 amide bonds. The van der Waals surface area contributed by atoms with Gasteiger partial charge in [-0.2, -0.15) is 0 Å². The van der Waals surface area contributed by atoms with Crippen LogP contribution in [0.15, 0.2) is 46.1 Å². The van der Waals surface area contributed by atoms with Crippen molar-refractivity contribution >= 4 is 44.0 Å². The Morgan fingerprint density at radius 2 is 2.00 bits per heavy atom. The van der Waals surface area contributed by atoms with Crippen molar-refractivity contribution in [2.45, 2.75) is 17.2 Å². The number of rotatable bonds is 5. The van der Waals surface area contributed by atoms with Gasteiger partial charge in [0.2, 0.25) is 15.8 Å². The van der Waals surface area contributed by atoms with Gasteiger partial charge in [0, 0.05) is 28.0 Å². The number of fused-ring (bicyclic) bond motifs is 1. The highest BCUT2D eigenvalue weighted by Crippen LogP contribution is 2.22. The van der Waals surface area contributed by atoms with E-state index in [0.717, 1.165) is 28.3 Å². The van der Waals surface area contributed by atoms with Gasteiger partial charge in [0.1, 0.15) is 4.21 Å². The van der Waals surface area contributed by atoms with Gasteiger partial charge in [0.05, 0.1) is 5.56 Å². The summed E-state index contributed by atoms with van der Waals surface area (Å²) in [6.45, 7) is 1.47. The summed E-state index contributed by atoms with van der Waals surface area (Å²) in [5.41, 5.74) is 1.26. The molecule has 7 nitrogen and oxygen atoms in total. The molecule has 130 valence electrons. The number of primary sulfonamides is 1. The van der Waals surface area contributed by atoms with Crippen LogP contribution < -0.4 is 5.14 Å². The fraction of sp³-hybridized carbons (Fsp3) is 0.125. The number of thiophene rings is 1. The number of hydrogen-bond acceptors (Lipinski definition) is 6. The highest BCUT2D eigenvalue weighted by molar-refractivity contribution is 7.91. The van der Waals surface area contributed by atoms with E-state index in [4.69, 9.17) is 9.88 Å². The fourth-order valence-electron chi connectivity index (χ4n) is 2.35. The number of nitrogens with one attached hydrogen (secondary N) is 1. The van der Waals surface area contributed by atoms with E-state index in [9.17, 15) is 18.0 Å². The number of nitrogens with two attached hydrogens (primary N) is 1. The summed E-state index contributed by atoms with van der Waals surface area (Å²) in [6.07, 6.45) is 0.547. The smallest absolute Gasteiger partial charge is 0.339 e. The number of ketones is 1. The van der Waals surface area contributed by atoms with E-state index in [0.29, 0.717) is 5.56 Å². The third kappa shape index (κ3) is 3.48. The van der Waals surface area contributed by atoms with Gasteiger partial charge in [0.25, 0.3) is 0 Å². The van der Waals surface area contributed by atoms with E-state index < -0.39 is 22.1 Å². The molecule has 3 N–H and O–H groups in total. The highest BCUT2D eigenvalue weighted by Gasteiger charge is 2.24. The third-order valence-corrected chi connectivity index (χ3v) is 5.99. The van der Waals surface area contributed by atoms with Crippen molar-refractivity contribution in [2.75, 3.05) is 0 Å². The molecule has 0 unspecified atom stereocenters. The third-order valence-electron chi connectivity index (χ3n) is 3.60. The van der Waals surface area contributed by atoms with Crippen LogP contribution in [0.3, 0.4) is 0 Å². The molecule has 2 aromatic heterocycles. The molecular weight excluding hydrogens is 364 g/mol. The summed E-state index contributed by atoms with van der Waals surface area (Å²) < 4.78 is 27.5. The Morgan fingerprint density at radius 1 is 1.28 bits per heavy atom. The van der Waals surface area contributed by atoms with E-state index in [2.05, 4.69) is 4.98 Å². The van der Waals surface area contributed by atoms with Gasteiger partial charge in [-0.15, -0.1) is 11.3 Å². The maximum absolute atomic E-state index is 12.5. The van der Waals surface area contributed by atoms with Gasteiger partial charge in [0.15, 0.2) is 6.10 Å². The number of ether oxygens (including phenoxy) is 1. The number of carbonyl (C=O) groups excluding carboxylic acids is 2. The van der Waals surface area contributed by atoms with Gasteiger partial charge in [-0.1, -0.05) is 18.2 Å². The number of sulfonamides is 1. The van der Waals surface area contributed by atoms with E-state index >= 15 is 0 Å². The number of aromatic amines is 1. The van der Waals surface area contributed by atoms with Crippen LogP contribution in [0.25, 0.3) is 10.9 Å². The maximum Gasteiger partial charge on any atom is 0.339 e. The minimum atomic E-state index is -3.88. The number of esters is 1. The molecule has 0 aliphatic rings. The van der Waals surface area contributed by atoms with Crippen molar-refractivity contribution in [3.63, 3.8) is 0 Å². The van der Waals surface area contributed by atoms with Crippen molar-refractivity contribution in [1.82, 2.24) is 4.98 Å². The lowest BCUT2D eigenvalue weighted by molar-refractivity contribution is 0.0320. The molecule has 0 aliphatic carbocycles. The van der Waals surface area contributed by atoms with Crippen LogP contribution in [0.5, 0.6) is 0 Å². The molecule has 0 bridgehead atoms. The zero-order valence-corrected chi connectivity index (χ0v) is 14.7. The standard InChI is InChI=1S/C16H14N2O5S2/c1-9(15(19)12-7-18-13-5-3-2-4-11(12)13)23-16(20)10-6-14(24-8-10)25(17,21)22/h2-9,18H,1H3,(H2,17,21,22)/t9-/m0/s1. The predicted octanol–water partition coefficient (Wildman–Crippen LogP) is 2.31. The van der Waals surface area contributed by atoms with Crippen molar-refractivity contribution in [3.05, 3.63) is 53.0 Å². The number of carbonyl (C=O) groups is 2. The van der Waals surface area contributed by atoms with Gasteiger partial charge >= 0.3 is 5.97 Å². The van der Waals surface area contributed by atoms with Crippen LogP contribution in [0.2, 0.25) is 0 Å². The molecule has 1 aromatic carbocycles. The molecule has 3 rings (SSSR count). The second-order valence-electron chi connectivity index (χ2n) is 5.36. The van der Waals surface area contributed by atoms with E-state index in [1.807, 2.05) is 18.2 Å². The van der Waals surface area contributed by atoms with E-state index in [1.54, 1.807) is 12.3 Å². The Bertz CT molecular complexity index is 1070. The quantitative estimate of drug-likeness (QED) is 0.521. The van der Waals surface area contributed by atoms with E-state index in [1.165, 1.54) is 12.3 Å². The minimum absolute atomic E-state index is 0.0348. The lowest BCUT2D eigenvalue weighted by atomic mass is 10.1. The largest absolute Gasteiger partial charge is 0.451 e. The zero-order valence-electron chi connectivity index (χ0n) is 13.1. The first-order chi connectivity index (χ1) is 11.8. The molecule has 0 saturated carbocycles. The second kappa shape index (κ2) is 6.43. The van der Waals surface area contributed by atoms with Gasteiger partial charge in [-0.05, 0) is 19.1 Å². The topological polar surface area (TPSA) is 119 Å². The minimum Gasteiger partial charge on any atom is -0.451 e. The first-order valence-corrected chi connectivity index (χ1v) is 9.62. The van der Waals surface area contributed by atoms with Crippen LogP contribution in [0.1, 0.15) is 27.6 Å². The normalized spacial score (nSPS) is 12.9. The lowest BCUT2D eigenvalue weighted by Crippen LogP contribution is -2.24. The Morgan fingerprint density at radius 3 is 2.68 bits per heavy atom. The molecule has 2 heterocycles. The Hall–Kier alpha value is -2.49. The number of para-hydroxylation sites is 1. The lowest BCUT2D eigenvalue weighted by Gasteiger charge is -2.11. The molecule has 0 aliphatic heterocycles. The van der Waals surface area contributed by atoms with Gasteiger partial charge in [-0.25, -0.2) is 18.4 Å². The van der Waals surface area contributed by atoms with Crippen LogP contribution in [0.4, 0.5) is 0 Å². The fourth-order valence-corrected chi connectivity index (χ4v) is 3.92. The molecule has 0 saturated heterocycles. The Kier molecular flexibility index (Phi) is 4.46. The molecule has 0 fully saturated rings. The molecule has 0 radical (unpaired) electrons. The van der Waals surface area contributed by atoms with Crippen molar-refractivity contribution in [1.29, 1.82) is 0 Å². The van der Waals surface area contributed by atoms with E-state index in [-0.39, 0.29) is 15.6 Å². The van der Waals surface area contributed by atoms with Crippen LogP contribution in [-0.4, -0.2) is 31.3 Å². The summed E-state index contributed by atoms with van der Waals surface area (Å²) >= 11 is 0.816. The van der Waals surface area contributed by atoms with Crippen molar-refractivity contribution in [3.8, 4) is 0 Å². The summed E-state index contributed by atoms with van der Waals surface area (Å²) in [5.74, 6) is -1.14. The molecule has 25 heavy (non-hydrogen) atoms. The highest BCUT2D eigenvalue weighted by atomic mass is 32.2.